The van der Waals surface area contributed by atoms with Crippen molar-refractivity contribution in [3.8, 4) is 11.8 Å². The van der Waals surface area contributed by atoms with E-state index < -0.39 is 0 Å². The minimum Gasteiger partial charge on any atom is -0.489 e. The molecule has 1 saturated heterocycles. The highest BCUT2D eigenvalue weighted by Gasteiger charge is 2.23. The zero-order valence-electron chi connectivity index (χ0n) is 8.91. The van der Waals surface area contributed by atoms with Crippen molar-refractivity contribution in [1.29, 1.82) is 5.26 Å². The Morgan fingerprint density at radius 1 is 1.53 bits per heavy atom. The number of ether oxygens (including phenoxy) is 2. The van der Waals surface area contributed by atoms with Gasteiger partial charge in [0, 0.05) is 0 Å². The van der Waals surface area contributed by atoms with Crippen LogP contribution >= 0.6 is 0 Å². The molecule has 1 fully saturated rings. The van der Waals surface area contributed by atoms with E-state index in [2.05, 4.69) is 6.07 Å². The van der Waals surface area contributed by atoms with Crippen molar-refractivity contribution in [2.45, 2.75) is 20.0 Å². The summed E-state index contributed by atoms with van der Waals surface area (Å²) >= 11 is 0. The largest absolute Gasteiger partial charge is 0.489 e. The molecule has 0 radical (unpaired) electrons. The molecule has 3 nitrogen and oxygen atoms in total. The molecule has 3 heteroatoms. The lowest BCUT2D eigenvalue weighted by Crippen LogP contribution is -2.06. The number of nitrogens with zero attached hydrogens (tertiary/aromatic N) is 1. The zero-order chi connectivity index (χ0) is 10.8. The van der Waals surface area contributed by atoms with Crippen LogP contribution in [0.25, 0.3) is 0 Å². The van der Waals surface area contributed by atoms with Crippen LogP contribution in [0.4, 0.5) is 0 Å². The number of hydrogen-bond acceptors (Lipinski definition) is 3. The van der Waals surface area contributed by atoms with Crippen molar-refractivity contribution in [3.63, 3.8) is 0 Å². The predicted octanol–water partition coefficient (Wildman–Crippen LogP) is 1.95. The van der Waals surface area contributed by atoms with Crippen LogP contribution in [0.3, 0.4) is 0 Å². The van der Waals surface area contributed by atoms with Crippen molar-refractivity contribution in [2.75, 3.05) is 13.2 Å². The highest BCUT2D eigenvalue weighted by atomic mass is 16.6. The van der Waals surface area contributed by atoms with E-state index in [-0.39, 0.29) is 6.10 Å². The van der Waals surface area contributed by atoms with Crippen LogP contribution in [0.5, 0.6) is 5.75 Å². The molecule has 15 heavy (non-hydrogen) atoms. The van der Waals surface area contributed by atoms with Gasteiger partial charge >= 0.3 is 0 Å². The van der Waals surface area contributed by atoms with Crippen molar-refractivity contribution < 1.29 is 9.47 Å². The zero-order valence-corrected chi connectivity index (χ0v) is 8.91. The lowest BCUT2D eigenvalue weighted by atomic mass is 10.1. The Hall–Kier alpha value is -1.53. The Morgan fingerprint density at radius 2 is 2.27 bits per heavy atom. The molecule has 1 aromatic carbocycles. The molecule has 1 atom stereocenters. The summed E-state index contributed by atoms with van der Waals surface area (Å²) in [6, 6.07) is 6.05. The Morgan fingerprint density at radius 3 is 2.87 bits per heavy atom. The third-order valence-corrected chi connectivity index (χ3v) is 2.38. The van der Waals surface area contributed by atoms with E-state index >= 15 is 0 Å². The van der Waals surface area contributed by atoms with E-state index in [0.717, 1.165) is 17.7 Å². The van der Waals surface area contributed by atoms with Gasteiger partial charge in [0.2, 0.25) is 0 Å². The lowest BCUT2D eigenvalue weighted by Gasteiger charge is -2.09. The van der Waals surface area contributed by atoms with Gasteiger partial charge in [0.1, 0.15) is 24.5 Å². The standard InChI is InChI=1S/C12H13NO2/c1-8-3-9(2)11(5-13)12(4-8)15-7-10-6-14-10/h3-4,10H,6-7H2,1-2H3/t10-/m0/s1. The van der Waals surface area contributed by atoms with Crippen molar-refractivity contribution in [1.82, 2.24) is 0 Å². The summed E-state index contributed by atoms with van der Waals surface area (Å²) in [6.45, 7) is 5.23. The van der Waals surface area contributed by atoms with Crippen LogP contribution in [0, 0.1) is 25.2 Å². The third-order valence-electron chi connectivity index (χ3n) is 2.38. The molecular formula is C12H13NO2. The molecule has 0 amide bonds. The molecule has 0 aromatic heterocycles. The summed E-state index contributed by atoms with van der Waals surface area (Å²) in [4.78, 5) is 0. The van der Waals surface area contributed by atoms with E-state index in [9.17, 15) is 0 Å². The summed E-state index contributed by atoms with van der Waals surface area (Å²) < 4.78 is 10.6. The molecular weight excluding hydrogens is 190 g/mol. The van der Waals surface area contributed by atoms with E-state index in [4.69, 9.17) is 14.7 Å². The summed E-state index contributed by atoms with van der Waals surface area (Å²) in [5.41, 5.74) is 2.70. The smallest absolute Gasteiger partial charge is 0.137 e. The van der Waals surface area contributed by atoms with Gasteiger partial charge in [-0.05, 0) is 31.0 Å². The van der Waals surface area contributed by atoms with Gasteiger partial charge in [-0.25, -0.2) is 0 Å². The predicted molar refractivity (Wildman–Crippen MR) is 55.9 cm³/mol. The molecule has 2 rings (SSSR count). The van der Waals surface area contributed by atoms with Gasteiger partial charge in [-0.2, -0.15) is 5.26 Å². The monoisotopic (exact) mass is 203 g/mol. The van der Waals surface area contributed by atoms with Crippen LogP contribution < -0.4 is 4.74 Å². The first-order valence-electron chi connectivity index (χ1n) is 4.96. The Labute approximate surface area is 89.2 Å². The Balaban J connectivity index is 2.22. The number of rotatable bonds is 3. The molecule has 0 bridgehead atoms. The molecule has 0 unspecified atom stereocenters. The van der Waals surface area contributed by atoms with E-state index in [0.29, 0.717) is 17.9 Å². The van der Waals surface area contributed by atoms with Gasteiger partial charge in [0.05, 0.1) is 12.2 Å². The lowest BCUT2D eigenvalue weighted by molar-refractivity contribution is 0.262. The second kappa shape index (κ2) is 3.92. The average molecular weight is 203 g/mol. The van der Waals surface area contributed by atoms with Crippen molar-refractivity contribution >= 4 is 0 Å². The highest BCUT2D eigenvalue weighted by Crippen LogP contribution is 2.24. The minimum atomic E-state index is 0.220. The maximum atomic E-state index is 9.01. The van der Waals surface area contributed by atoms with Crippen molar-refractivity contribution in [3.05, 3.63) is 28.8 Å². The van der Waals surface area contributed by atoms with Crippen LogP contribution in [0.1, 0.15) is 16.7 Å². The van der Waals surface area contributed by atoms with Crippen LogP contribution in [0.15, 0.2) is 12.1 Å². The van der Waals surface area contributed by atoms with Gasteiger partial charge in [-0.3, -0.25) is 0 Å². The van der Waals surface area contributed by atoms with Gasteiger partial charge in [0.25, 0.3) is 0 Å². The molecule has 1 aromatic rings. The molecule has 0 aliphatic carbocycles. The van der Waals surface area contributed by atoms with E-state index in [1.165, 1.54) is 0 Å². The second-order valence-electron chi connectivity index (χ2n) is 3.83. The number of aryl methyl sites for hydroxylation is 2. The number of nitriles is 1. The maximum Gasteiger partial charge on any atom is 0.137 e. The normalized spacial score (nSPS) is 18.3. The van der Waals surface area contributed by atoms with E-state index in [1.807, 2.05) is 26.0 Å². The summed E-state index contributed by atoms with van der Waals surface area (Å²) in [7, 11) is 0. The molecule has 1 aliphatic rings. The first-order chi connectivity index (χ1) is 7.20. The maximum absolute atomic E-state index is 9.01. The first-order valence-corrected chi connectivity index (χ1v) is 4.96. The van der Waals surface area contributed by atoms with E-state index in [1.54, 1.807) is 0 Å². The topological polar surface area (TPSA) is 45.5 Å². The molecule has 78 valence electrons. The van der Waals surface area contributed by atoms with Gasteiger partial charge in [0.15, 0.2) is 0 Å². The van der Waals surface area contributed by atoms with Crippen LogP contribution in [-0.4, -0.2) is 19.3 Å². The van der Waals surface area contributed by atoms with Crippen LogP contribution in [0.2, 0.25) is 0 Å². The molecule has 0 spiro atoms. The quantitative estimate of drug-likeness (QED) is 0.705. The van der Waals surface area contributed by atoms with Gasteiger partial charge < -0.3 is 9.47 Å². The highest BCUT2D eigenvalue weighted by molar-refractivity contribution is 5.50. The minimum absolute atomic E-state index is 0.220. The van der Waals surface area contributed by atoms with Crippen LogP contribution in [-0.2, 0) is 4.74 Å². The number of benzene rings is 1. The fraction of sp³-hybridized carbons (Fsp3) is 0.417. The summed E-state index contributed by atoms with van der Waals surface area (Å²) in [5, 5.41) is 9.01. The third kappa shape index (κ3) is 2.28. The second-order valence-corrected chi connectivity index (χ2v) is 3.83. The first kappa shape index (κ1) is 10.0. The average Bonchev–Trinajstić information content (AvgIpc) is 2.97. The Bertz CT molecular complexity index is 416. The van der Waals surface area contributed by atoms with Gasteiger partial charge in [-0.15, -0.1) is 0 Å². The number of epoxide rings is 1. The molecule has 1 heterocycles. The molecule has 1 aliphatic heterocycles. The molecule has 0 N–H and O–H groups in total. The van der Waals surface area contributed by atoms with Crippen molar-refractivity contribution in [2.24, 2.45) is 0 Å². The summed E-state index contributed by atoms with van der Waals surface area (Å²) in [6.07, 6.45) is 0.220. The summed E-state index contributed by atoms with van der Waals surface area (Å²) in [5.74, 6) is 0.672. The van der Waals surface area contributed by atoms with Gasteiger partial charge in [-0.1, -0.05) is 6.07 Å². The SMILES string of the molecule is Cc1cc(C)c(C#N)c(OC[C@@H]2CO2)c1. The Kier molecular flexibility index (Phi) is 2.61. The number of hydrogen-bond donors (Lipinski definition) is 0. The fourth-order valence-corrected chi connectivity index (χ4v) is 1.53. The fourth-order valence-electron chi connectivity index (χ4n) is 1.53. The molecule has 0 saturated carbocycles.